The Morgan fingerprint density at radius 3 is 2.25 bits per heavy atom. The molecule has 0 unspecified atom stereocenters. The first-order chi connectivity index (χ1) is 18.8. The molecule has 0 aromatic heterocycles. The van der Waals surface area contributed by atoms with Crippen molar-refractivity contribution < 1.29 is 22.7 Å². The van der Waals surface area contributed by atoms with Crippen LogP contribution in [0.15, 0.2) is 65.6 Å². The van der Waals surface area contributed by atoms with Gasteiger partial charge in [-0.1, -0.05) is 36.4 Å². The van der Waals surface area contributed by atoms with Crippen molar-refractivity contribution in [1.82, 2.24) is 9.21 Å². The summed E-state index contributed by atoms with van der Waals surface area (Å²) < 4.78 is 39.9. The highest BCUT2D eigenvalue weighted by Gasteiger charge is 2.24. The minimum atomic E-state index is -3.74. The number of fused-ring (bicyclic) bond motifs is 1. The van der Waals surface area contributed by atoms with Gasteiger partial charge in [-0.3, -0.25) is 4.79 Å². The molecule has 0 amide bonds. The first-order valence-corrected chi connectivity index (χ1v) is 15.0. The number of carbonyl (C=O) groups excluding carboxylic acids is 1. The van der Waals surface area contributed by atoms with Crippen molar-refractivity contribution in [3.05, 3.63) is 66.2 Å². The molecule has 0 heterocycles. The van der Waals surface area contributed by atoms with E-state index in [1.165, 1.54) is 4.31 Å². The lowest BCUT2D eigenvalue weighted by atomic mass is 10.1. The molecule has 0 aliphatic heterocycles. The van der Waals surface area contributed by atoms with Gasteiger partial charge in [0.25, 0.3) is 0 Å². The summed E-state index contributed by atoms with van der Waals surface area (Å²) in [5.41, 5.74) is 1.34. The van der Waals surface area contributed by atoms with E-state index in [4.69, 9.17) is 9.47 Å². The van der Waals surface area contributed by atoms with Crippen LogP contribution in [-0.2, 0) is 26.1 Å². The minimum Gasteiger partial charge on any atom is -0.494 e. The quantitative estimate of drug-likeness (QED) is 0.208. The average Bonchev–Trinajstić information content (AvgIpc) is 2.88. The van der Waals surface area contributed by atoms with Crippen molar-refractivity contribution in [3.63, 3.8) is 0 Å². The molecule has 0 saturated heterocycles. The number of ether oxygens (including phenoxy) is 2. The fourth-order valence-electron chi connectivity index (χ4n) is 4.43. The molecule has 40 heavy (non-hydrogen) atoms. The maximum Gasteiger partial charge on any atom is 0.307 e. The molecular formula is C31H43N3O5S. The van der Waals surface area contributed by atoms with Crippen LogP contribution in [0, 0.1) is 0 Å². The Morgan fingerprint density at radius 2 is 1.55 bits per heavy atom. The molecular weight excluding hydrogens is 526 g/mol. The molecule has 0 spiro atoms. The van der Waals surface area contributed by atoms with Gasteiger partial charge in [-0.05, 0) is 64.1 Å². The third-order valence-corrected chi connectivity index (χ3v) is 8.26. The highest BCUT2D eigenvalue weighted by molar-refractivity contribution is 7.89. The normalized spacial score (nSPS) is 12.2. The van der Waals surface area contributed by atoms with Crippen molar-refractivity contribution in [2.75, 3.05) is 52.8 Å². The maximum absolute atomic E-state index is 13.6. The van der Waals surface area contributed by atoms with Crippen LogP contribution in [0.5, 0.6) is 5.75 Å². The maximum atomic E-state index is 13.6. The van der Waals surface area contributed by atoms with E-state index < -0.39 is 15.6 Å². The van der Waals surface area contributed by atoms with E-state index in [1.807, 2.05) is 95.3 Å². The standard InChI is InChI=1S/C31H43N3O5S/c1-31(2,3)39-30(35)18-20-33(6)19-11-21-38-25-13-8-12-24(22-25)23-34(7)40(36,37)29-17-10-14-26-27(29)15-9-16-28(26)32(4)5/h8-10,12-17,22H,11,18-21,23H2,1-7H3. The van der Waals surface area contributed by atoms with Crippen LogP contribution >= 0.6 is 0 Å². The Kier molecular flexibility index (Phi) is 10.6. The summed E-state index contributed by atoms with van der Waals surface area (Å²) in [6, 6.07) is 18.7. The molecule has 0 aliphatic carbocycles. The second-order valence-corrected chi connectivity index (χ2v) is 13.3. The van der Waals surface area contributed by atoms with Crippen LogP contribution in [0.4, 0.5) is 5.69 Å². The molecule has 0 fully saturated rings. The minimum absolute atomic E-state index is 0.196. The van der Waals surface area contributed by atoms with Crippen molar-refractivity contribution in [1.29, 1.82) is 0 Å². The van der Waals surface area contributed by atoms with Gasteiger partial charge in [-0.15, -0.1) is 0 Å². The van der Waals surface area contributed by atoms with E-state index >= 15 is 0 Å². The van der Waals surface area contributed by atoms with Crippen molar-refractivity contribution in [2.24, 2.45) is 0 Å². The number of nitrogens with zero attached hydrogens (tertiary/aromatic N) is 3. The Labute approximate surface area is 239 Å². The molecule has 0 atom stereocenters. The molecule has 0 aliphatic rings. The Hall–Kier alpha value is -3.14. The van der Waals surface area contributed by atoms with Crippen molar-refractivity contribution in [3.8, 4) is 5.75 Å². The van der Waals surface area contributed by atoms with E-state index in [2.05, 4.69) is 4.90 Å². The predicted octanol–water partition coefficient (Wildman–Crippen LogP) is 5.16. The van der Waals surface area contributed by atoms with Crippen LogP contribution in [0.2, 0.25) is 0 Å². The zero-order valence-corrected chi connectivity index (χ0v) is 25.6. The molecule has 0 bridgehead atoms. The molecule has 9 heteroatoms. The SMILES string of the molecule is CN(CCCOc1cccc(CN(C)S(=O)(=O)c2cccc3c(N(C)C)cccc23)c1)CCC(=O)OC(C)(C)C. The van der Waals surface area contributed by atoms with Gasteiger partial charge in [0.1, 0.15) is 11.4 Å². The summed E-state index contributed by atoms with van der Waals surface area (Å²) in [6.07, 6.45) is 1.14. The monoisotopic (exact) mass is 569 g/mol. The number of hydrogen-bond acceptors (Lipinski definition) is 7. The summed E-state index contributed by atoms with van der Waals surface area (Å²) in [7, 11) is 3.73. The number of esters is 1. The molecule has 0 N–H and O–H groups in total. The molecule has 0 saturated carbocycles. The summed E-state index contributed by atoms with van der Waals surface area (Å²) in [5, 5.41) is 1.60. The number of carbonyl (C=O) groups is 1. The van der Waals surface area contributed by atoms with Gasteiger partial charge in [-0.2, -0.15) is 4.31 Å². The second-order valence-electron chi connectivity index (χ2n) is 11.3. The first kappa shape index (κ1) is 31.4. The Bertz CT molecular complexity index is 1400. The van der Waals surface area contributed by atoms with E-state index in [0.29, 0.717) is 35.6 Å². The Balaban J connectivity index is 1.56. The lowest BCUT2D eigenvalue weighted by molar-refractivity contribution is -0.155. The third kappa shape index (κ3) is 8.68. The van der Waals surface area contributed by atoms with Crippen LogP contribution < -0.4 is 9.64 Å². The largest absolute Gasteiger partial charge is 0.494 e. The number of sulfonamides is 1. The second kappa shape index (κ2) is 13.5. The van der Waals surface area contributed by atoms with Crippen molar-refractivity contribution in [2.45, 2.75) is 50.7 Å². The van der Waals surface area contributed by atoms with E-state index in [9.17, 15) is 13.2 Å². The first-order valence-electron chi connectivity index (χ1n) is 13.6. The number of benzene rings is 3. The molecule has 0 radical (unpaired) electrons. The van der Waals surface area contributed by atoms with Gasteiger partial charge in [0.2, 0.25) is 10.0 Å². The van der Waals surface area contributed by atoms with Gasteiger partial charge in [0, 0.05) is 57.2 Å². The fraction of sp³-hybridized carbons (Fsp3) is 0.452. The molecule has 3 aromatic carbocycles. The zero-order chi connectivity index (χ0) is 29.5. The molecule has 218 valence electrons. The summed E-state index contributed by atoms with van der Waals surface area (Å²) in [5.74, 6) is 0.499. The number of hydrogen-bond donors (Lipinski definition) is 0. The van der Waals surface area contributed by atoms with Crippen LogP contribution in [0.3, 0.4) is 0 Å². The van der Waals surface area contributed by atoms with E-state index in [-0.39, 0.29) is 12.5 Å². The van der Waals surface area contributed by atoms with Gasteiger partial charge < -0.3 is 19.3 Å². The Morgan fingerprint density at radius 1 is 0.875 bits per heavy atom. The number of rotatable bonds is 13. The topological polar surface area (TPSA) is 79.4 Å². The van der Waals surface area contributed by atoms with Crippen LogP contribution in [0.1, 0.15) is 39.2 Å². The lowest BCUT2D eigenvalue weighted by Crippen LogP contribution is -2.28. The molecule has 8 nitrogen and oxygen atoms in total. The lowest BCUT2D eigenvalue weighted by Gasteiger charge is -2.21. The average molecular weight is 570 g/mol. The van der Waals surface area contributed by atoms with Crippen molar-refractivity contribution >= 4 is 32.5 Å². The van der Waals surface area contributed by atoms with Crippen LogP contribution in [0.25, 0.3) is 10.8 Å². The number of anilines is 1. The van der Waals surface area contributed by atoms with Gasteiger partial charge >= 0.3 is 5.97 Å². The zero-order valence-electron chi connectivity index (χ0n) is 24.8. The fourth-order valence-corrected chi connectivity index (χ4v) is 5.80. The highest BCUT2D eigenvalue weighted by Crippen LogP contribution is 2.32. The van der Waals surface area contributed by atoms with Gasteiger partial charge in [0.15, 0.2) is 0 Å². The van der Waals surface area contributed by atoms with E-state index in [0.717, 1.165) is 29.6 Å². The highest BCUT2D eigenvalue weighted by atomic mass is 32.2. The molecule has 3 rings (SSSR count). The van der Waals surface area contributed by atoms with Gasteiger partial charge in [0.05, 0.1) is 17.9 Å². The summed E-state index contributed by atoms with van der Waals surface area (Å²) in [6.45, 7) is 7.73. The predicted molar refractivity (Wildman–Crippen MR) is 161 cm³/mol. The summed E-state index contributed by atoms with van der Waals surface area (Å²) >= 11 is 0. The van der Waals surface area contributed by atoms with Gasteiger partial charge in [-0.25, -0.2) is 8.42 Å². The summed E-state index contributed by atoms with van der Waals surface area (Å²) in [4.78, 5) is 16.3. The smallest absolute Gasteiger partial charge is 0.307 e. The molecule has 3 aromatic rings. The van der Waals surface area contributed by atoms with E-state index in [1.54, 1.807) is 19.2 Å². The third-order valence-electron chi connectivity index (χ3n) is 6.40. The van der Waals surface area contributed by atoms with Crippen LogP contribution in [-0.4, -0.2) is 77.1 Å².